The van der Waals surface area contributed by atoms with E-state index in [1.54, 1.807) is 0 Å². The average molecular weight is 318 g/mol. The summed E-state index contributed by atoms with van der Waals surface area (Å²) >= 11 is 0. The number of hydrogen-bond donors (Lipinski definition) is 3. The third kappa shape index (κ3) is 2.17. The van der Waals surface area contributed by atoms with Gasteiger partial charge in [-0.3, -0.25) is 0 Å². The van der Waals surface area contributed by atoms with Crippen molar-refractivity contribution in [2.45, 2.75) is 6.61 Å². The van der Waals surface area contributed by atoms with Gasteiger partial charge in [-0.05, 0) is 12.1 Å². The molecule has 1 heterocycles. The van der Waals surface area contributed by atoms with E-state index in [-0.39, 0.29) is 40.5 Å². The molecule has 1 aliphatic heterocycles. The maximum atomic E-state index is 12.1. The van der Waals surface area contributed by atoms with Crippen LogP contribution in [0.1, 0.15) is 15.9 Å². The molecule has 0 fully saturated rings. The number of rotatable bonds is 2. The zero-order valence-electron chi connectivity index (χ0n) is 12.4. The van der Waals surface area contributed by atoms with Crippen molar-refractivity contribution in [2.75, 3.05) is 14.2 Å². The maximum Gasteiger partial charge on any atom is 0.342 e. The Bertz CT molecular complexity index is 811. The molecule has 0 saturated carbocycles. The second kappa shape index (κ2) is 5.28. The quantitative estimate of drug-likeness (QED) is 0.575. The van der Waals surface area contributed by atoms with Gasteiger partial charge in [0.15, 0.2) is 11.5 Å². The Morgan fingerprint density at radius 1 is 1.00 bits per heavy atom. The highest BCUT2D eigenvalue weighted by Gasteiger charge is 2.30. The van der Waals surface area contributed by atoms with Crippen LogP contribution in [0.15, 0.2) is 18.2 Å². The molecule has 0 aliphatic carbocycles. The number of phenolic OH excluding ortho intramolecular Hbond substituents is 3. The summed E-state index contributed by atoms with van der Waals surface area (Å²) in [6, 6.07) is 4.21. The van der Waals surface area contributed by atoms with Crippen molar-refractivity contribution in [1.82, 2.24) is 0 Å². The Balaban J connectivity index is 2.40. The Kier molecular flexibility index (Phi) is 3.40. The first-order valence-electron chi connectivity index (χ1n) is 6.68. The number of carbonyl (C=O) groups is 1. The number of benzene rings is 2. The molecule has 0 amide bonds. The molecular weight excluding hydrogens is 304 g/mol. The fourth-order valence-corrected chi connectivity index (χ4v) is 2.60. The van der Waals surface area contributed by atoms with Crippen LogP contribution in [0.3, 0.4) is 0 Å². The van der Waals surface area contributed by atoms with Gasteiger partial charge in [0, 0.05) is 22.8 Å². The Labute approximate surface area is 131 Å². The second-order valence-corrected chi connectivity index (χ2v) is 4.96. The number of phenols is 3. The van der Waals surface area contributed by atoms with Crippen LogP contribution in [0.4, 0.5) is 0 Å². The molecule has 1 aliphatic rings. The number of ether oxygens (including phenoxy) is 3. The van der Waals surface area contributed by atoms with Crippen molar-refractivity contribution < 1.29 is 34.3 Å². The summed E-state index contributed by atoms with van der Waals surface area (Å²) in [5.41, 5.74) is 0.703. The van der Waals surface area contributed by atoms with E-state index in [0.717, 1.165) is 0 Å². The minimum Gasteiger partial charge on any atom is -0.507 e. The first-order valence-corrected chi connectivity index (χ1v) is 6.68. The van der Waals surface area contributed by atoms with Gasteiger partial charge in [-0.25, -0.2) is 4.79 Å². The van der Waals surface area contributed by atoms with Gasteiger partial charge in [-0.2, -0.15) is 0 Å². The molecule has 2 aromatic carbocycles. The van der Waals surface area contributed by atoms with E-state index in [2.05, 4.69) is 0 Å². The Morgan fingerprint density at radius 3 is 2.39 bits per heavy atom. The minimum atomic E-state index is -0.741. The van der Waals surface area contributed by atoms with Crippen molar-refractivity contribution in [3.8, 4) is 39.9 Å². The molecule has 0 atom stereocenters. The molecule has 7 nitrogen and oxygen atoms in total. The van der Waals surface area contributed by atoms with E-state index in [0.29, 0.717) is 5.56 Å². The van der Waals surface area contributed by atoms with Crippen LogP contribution in [0, 0.1) is 0 Å². The molecule has 2 aromatic rings. The lowest BCUT2D eigenvalue weighted by Crippen LogP contribution is -2.04. The molecule has 0 unspecified atom stereocenters. The number of fused-ring (bicyclic) bond motifs is 3. The summed E-state index contributed by atoms with van der Waals surface area (Å²) in [4.78, 5) is 12.1. The Hall–Kier alpha value is -3.09. The number of carbonyl (C=O) groups excluding carboxylic acids is 1. The van der Waals surface area contributed by atoms with Gasteiger partial charge in [0.05, 0.1) is 14.2 Å². The summed E-state index contributed by atoms with van der Waals surface area (Å²) < 4.78 is 15.2. The molecule has 3 rings (SSSR count). The van der Waals surface area contributed by atoms with Crippen molar-refractivity contribution in [2.24, 2.45) is 0 Å². The monoisotopic (exact) mass is 318 g/mol. The van der Waals surface area contributed by atoms with E-state index in [1.807, 2.05) is 0 Å². The fourth-order valence-electron chi connectivity index (χ4n) is 2.60. The normalized spacial score (nSPS) is 12.7. The second-order valence-electron chi connectivity index (χ2n) is 4.96. The van der Waals surface area contributed by atoms with Gasteiger partial charge in [0.1, 0.15) is 23.7 Å². The highest BCUT2D eigenvalue weighted by atomic mass is 16.5. The van der Waals surface area contributed by atoms with Gasteiger partial charge in [-0.15, -0.1) is 0 Å². The largest absolute Gasteiger partial charge is 0.507 e. The molecule has 3 N–H and O–H groups in total. The van der Waals surface area contributed by atoms with Crippen LogP contribution >= 0.6 is 0 Å². The predicted molar refractivity (Wildman–Crippen MR) is 79.1 cm³/mol. The number of methoxy groups -OCH3 is 2. The summed E-state index contributed by atoms with van der Waals surface area (Å²) in [7, 11) is 2.74. The molecular formula is C16H14O7. The van der Waals surface area contributed by atoms with Crippen LogP contribution in [0.25, 0.3) is 11.1 Å². The molecule has 0 aromatic heterocycles. The van der Waals surface area contributed by atoms with Crippen molar-refractivity contribution in [1.29, 1.82) is 0 Å². The topological polar surface area (TPSA) is 105 Å². The highest BCUT2D eigenvalue weighted by Crippen LogP contribution is 2.49. The van der Waals surface area contributed by atoms with Gasteiger partial charge < -0.3 is 29.5 Å². The van der Waals surface area contributed by atoms with E-state index in [4.69, 9.17) is 14.2 Å². The van der Waals surface area contributed by atoms with Crippen molar-refractivity contribution >= 4 is 5.97 Å². The van der Waals surface area contributed by atoms with Gasteiger partial charge in [0.25, 0.3) is 0 Å². The van der Waals surface area contributed by atoms with Crippen molar-refractivity contribution in [3.05, 3.63) is 29.3 Å². The summed E-state index contributed by atoms with van der Waals surface area (Å²) in [6.45, 7) is -0.144. The number of hydrogen-bond acceptors (Lipinski definition) is 7. The first-order chi connectivity index (χ1) is 11.0. The van der Waals surface area contributed by atoms with Gasteiger partial charge in [0.2, 0.25) is 5.75 Å². The minimum absolute atomic E-state index is 0.0490. The number of aromatic hydroxyl groups is 3. The first kappa shape index (κ1) is 14.8. The molecule has 7 heteroatoms. The third-order valence-corrected chi connectivity index (χ3v) is 3.70. The van der Waals surface area contributed by atoms with E-state index in [1.165, 1.54) is 32.4 Å². The average Bonchev–Trinajstić information content (AvgIpc) is 2.68. The lowest BCUT2D eigenvalue weighted by Gasteiger charge is -2.15. The zero-order chi connectivity index (χ0) is 16.7. The van der Waals surface area contributed by atoms with Crippen LogP contribution in [0.5, 0.6) is 28.7 Å². The summed E-state index contributed by atoms with van der Waals surface area (Å²) in [5, 5.41) is 30.5. The predicted octanol–water partition coefficient (Wildman–Crippen LogP) is 2.16. The molecule has 0 saturated heterocycles. The third-order valence-electron chi connectivity index (χ3n) is 3.70. The molecule has 23 heavy (non-hydrogen) atoms. The summed E-state index contributed by atoms with van der Waals surface area (Å²) in [6.07, 6.45) is 0. The van der Waals surface area contributed by atoms with Crippen LogP contribution in [-0.4, -0.2) is 35.5 Å². The van der Waals surface area contributed by atoms with Crippen molar-refractivity contribution in [3.63, 3.8) is 0 Å². The van der Waals surface area contributed by atoms with E-state index < -0.39 is 17.5 Å². The number of esters is 1. The van der Waals surface area contributed by atoms with Crippen LogP contribution in [0.2, 0.25) is 0 Å². The lowest BCUT2D eigenvalue weighted by molar-refractivity contribution is 0.0475. The number of cyclic esters (lactones) is 1. The fraction of sp³-hybridized carbons (Fsp3) is 0.188. The SMILES string of the molecule is COc1cc(O)c2c(c1)-c1c(cc(OC)c(O)c1O)COC2=O. The van der Waals surface area contributed by atoms with Gasteiger partial charge >= 0.3 is 5.97 Å². The Morgan fingerprint density at radius 2 is 1.74 bits per heavy atom. The molecule has 0 bridgehead atoms. The summed E-state index contributed by atoms with van der Waals surface area (Å²) in [5.74, 6) is -1.67. The van der Waals surface area contributed by atoms with E-state index >= 15 is 0 Å². The standard InChI is InChI=1S/C16H14O7/c1-21-8-4-9-12-7(3-11(22-2)14(18)15(12)19)6-23-16(20)13(9)10(17)5-8/h3-5,17-19H,6H2,1-2H3. The lowest BCUT2D eigenvalue weighted by atomic mass is 9.94. The molecule has 0 radical (unpaired) electrons. The highest BCUT2D eigenvalue weighted by molar-refractivity contribution is 6.03. The van der Waals surface area contributed by atoms with Crippen LogP contribution in [-0.2, 0) is 11.3 Å². The molecule has 120 valence electrons. The van der Waals surface area contributed by atoms with Crippen LogP contribution < -0.4 is 9.47 Å². The smallest absolute Gasteiger partial charge is 0.342 e. The van der Waals surface area contributed by atoms with E-state index in [9.17, 15) is 20.1 Å². The van der Waals surface area contributed by atoms with Gasteiger partial charge in [-0.1, -0.05) is 0 Å². The molecule has 0 spiro atoms. The maximum absolute atomic E-state index is 12.1. The zero-order valence-corrected chi connectivity index (χ0v) is 12.4.